The average Bonchev–Trinajstić information content (AvgIpc) is 2.57. The van der Waals surface area contributed by atoms with Crippen LogP contribution in [0.25, 0.3) is 0 Å². The van der Waals surface area contributed by atoms with E-state index in [1.807, 2.05) is 0 Å². The van der Waals surface area contributed by atoms with Gasteiger partial charge in [-0.1, -0.05) is 24.3 Å². The minimum atomic E-state index is -0.0348. The van der Waals surface area contributed by atoms with Gasteiger partial charge in [0.2, 0.25) is 0 Å². The Hall–Kier alpha value is -0.860. The zero-order valence-corrected chi connectivity index (χ0v) is 10.8. The Bertz CT molecular complexity index is 444. The molecule has 2 aliphatic heterocycles. The maximum Gasteiger partial charge on any atom is 0.0570 e. The molecule has 2 saturated heterocycles. The van der Waals surface area contributed by atoms with E-state index in [0.717, 1.165) is 18.8 Å². The number of piperidine rings is 1. The number of benzene rings is 1. The minimum absolute atomic E-state index is 0.0348. The van der Waals surface area contributed by atoms with Crippen molar-refractivity contribution in [3.05, 3.63) is 35.4 Å². The van der Waals surface area contributed by atoms with Gasteiger partial charge in [0.25, 0.3) is 0 Å². The van der Waals surface area contributed by atoms with E-state index in [2.05, 4.69) is 29.2 Å². The van der Waals surface area contributed by atoms with Crippen LogP contribution in [0.4, 0.5) is 0 Å². The van der Waals surface area contributed by atoms with E-state index in [1.165, 1.54) is 25.8 Å². The Labute approximate surface area is 109 Å². The summed E-state index contributed by atoms with van der Waals surface area (Å²) in [6.45, 7) is 1.22. The quantitative estimate of drug-likeness (QED) is 0.861. The summed E-state index contributed by atoms with van der Waals surface area (Å²) < 4.78 is 0. The predicted molar refractivity (Wildman–Crippen MR) is 71.6 cm³/mol. The van der Waals surface area contributed by atoms with Crippen molar-refractivity contribution in [2.45, 2.75) is 56.2 Å². The predicted octanol–water partition coefficient (Wildman–Crippen LogP) is 2.31. The third-order valence-corrected chi connectivity index (χ3v) is 5.25. The van der Waals surface area contributed by atoms with Crippen molar-refractivity contribution in [2.24, 2.45) is 0 Å². The molecule has 96 valence electrons. The average molecular weight is 243 g/mol. The molecular formula is C16H21NO. The van der Waals surface area contributed by atoms with Crippen LogP contribution in [0.1, 0.15) is 42.7 Å². The molecule has 2 bridgehead atoms. The van der Waals surface area contributed by atoms with Gasteiger partial charge in [-0.05, 0) is 43.2 Å². The number of aliphatic hydroxyl groups excluding tert-OH is 1. The van der Waals surface area contributed by atoms with Crippen LogP contribution in [-0.4, -0.2) is 34.7 Å². The van der Waals surface area contributed by atoms with Crippen molar-refractivity contribution in [1.29, 1.82) is 0 Å². The molecule has 0 aromatic heterocycles. The summed E-state index contributed by atoms with van der Waals surface area (Å²) in [5.74, 6) is 0.750. The Morgan fingerprint density at radius 2 is 1.83 bits per heavy atom. The van der Waals surface area contributed by atoms with Gasteiger partial charge in [-0.15, -0.1) is 0 Å². The fourth-order valence-electron chi connectivity index (χ4n) is 4.32. The van der Waals surface area contributed by atoms with E-state index in [0.29, 0.717) is 12.1 Å². The van der Waals surface area contributed by atoms with E-state index >= 15 is 0 Å². The summed E-state index contributed by atoms with van der Waals surface area (Å²) in [5, 5.41) is 9.84. The van der Waals surface area contributed by atoms with E-state index in [4.69, 9.17) is 0 Å². The summed E-state index contributed by atoms with van der Waals surface area (Å²) in [4.78, 5) is 2.70. The normalized spacial score (nSPS) is 38.3. The topological polar surface area (TPSA) is 23.5 Å². The lowest BCUT2D eigenvalue weighted by Crippen LogP contribution is -2.47. The molecule has 1 aromatic rings. The van der Waals surface area contributed by atoms with Crippen molar-refractivity contribution in [3.8, 4) is 0 Å². The summed E-state index contributed by atoms with van der Waals surface area (Å²) in [6, 6.07) is 10.2. The second-order valence-electron chi connectivity index (χ2n) is 6.31. The lowest BCUT2D eigenvalue weighted by molar-refractivity contribution is 0.0309. The molecule has 1 aliphatic carbocycles. The van der Waals surface area contributed by atoms with Crippen molar-refractivity contribution in [1.82, 2.24) is 4.90 Å². The van der Waals surface area contributed by atoms with E-state index in [1.54, 1.807) is 11.1 Å². The smallest absolute Gasteiger partial charge is 0.0570 e. The third kappa shape index (κ3) is 1.63. The highest BCUT2D eigenvalue weighted by molar-refractivity contribution is 5.40. The van der Waals surface area contributed by atoms with Crippen LogP contribution in [-0.2, 0) is 6.42 Å². The first-order valence-corrected chi connectivity index (χ1v) is 7.33. The zero-order valence-electron chi connectivity index (χ0n) is 10.8. The number of hydrogen-bond donors (Lipinski definition) is 1. The fraction of sp³-hybridized carbons (Fsp3) is 0.625. The Morgan fingerprint density at radius 3 is 2.56 bits per heavy atom. The van der Waals surface area contributed by atoms with Gasteiger partial charge in [-0.3, -0.25) is 4.90 Å². The van der Waals surface area contributed by atoms with Crippen LogP contribution < -0.4 is 0 Å². The molecule has 4 rings (SSSR count). The molecule has 0 amide bonds. The second kappa shape index (κ2) is 4.07. The van der Waals surface area contributed by atoms with Gasteiger partial charge in [-0.25, -0.2) is 0 Å². The molecule has 0 radical (unpaired) electrons. The van der Waals surface area contributed by atoms with E-state index < -0.39 is 0 Å². The Balaban J connectivity index is 1.48. The third-order valence-electron chi connectivity index (χ3n) is 5.25. The number of hydrogen-bond acceptors (Lipinski definition) is 2. The van der Waals surface area contributed by atoms with Crippen LogP contribution in [0.15, 0.2) is 24.3 Å². The Kier molecular flexibility index (Phi) is 2.49. The summed E-state index contributed by atoms with van der Waals surface area (Å²) in [7, 11) is 0. The highest BCUT2D eigenvalue weighted by Crippen LogP contribution is 2.41. The largest absolute Gasteiger partial charge is 0.393 e. The number of aliphatic hydroxyl groups is 1. The highest BCUT2D eigenvalue weighted by atomic mass is 16.3. The summed E-state index contributed by atoms with van der Waals surface area (Å²) >= 11 is 0. The van der Waals surface area contributed by atoms with E-state index in [-0.39, 0.29) is 6.10 Å². The van der Waals surface area contributed by atoms with Crippen LogP contribution >= 0.6 is 0 Å². The first kappa shape index (κ1) is 11.0. The molecule has 1 aromatic carbocycles. The second-order valence-corrected chi connectivity index (χ2v) is 6.31. The van der Waals surface area contributed by atoms with Gasteiger partial charge in [0.1, 0.15) is 0 Å². The first-order valence-electron chi connectivity index (χ1n) is 7.33. The molecule has 18 heavy (non-hydrogen) atoms. The van der Waals surface area contributed by atoms with Gasteiger partial charge in [0.05, 0.1) is 6.10 Å². The van der Waals surface area contributed by atoms with E-state index in [9.17, 15) is 5.11 Å². The molecule has 3 atom stereocenters. The molecule has 2 heteroatoms. The SMILES string of the molecule is OC1CC2CCC(C1)N2CC1Cc2ccccc21. The van der Waals surface area contributed by atoms with Gasteiger partial charge in [-0.2, -0.15) is 0 Å². The highest BCUT2D eigenvalue weighted by Gasteiger charge is 2.42. The van der Waals surface area contributed by atoms with Crippen LogP contribution in [0.5, 0.6) is 0 Å². The molecular weight excluding hydrogens is 222 g/mol. The number of fused-ring (bicyclic) bond motifs is 3. The maximum absolute atomic E-state index is 9.84. The zero-order chi connectivity index (χ0) is 12.1. The van der Waals surface area contributed by atoms with Gasteiger partial charge in [0.15, 0.2) is 0 Å². The van der Waals surface area contributed by atoms with Gasteiger partial charge >= 0.3 is 0 Å². The van der Waals surface area contributed by atoms with Gasteiger partial charge in [0, 0.05) is 24.5 Å². The minimum Gasteiger partial charge on any atom is -0.393 e. The first-order chi connectivity index (χ1) is 8.81. The summed E-state index contributed by atoms with van der Waals surface area (Å²) in [5.41, 5.74) is 3.12. The molecule has 1 N–H and O–H groups in total. The van der Waals surface area contributed by atoms with Crippen LogP contribution in [0, 0.1) is 0 Å². The van der Waals surface area contributed by atoms with Crippen LogP contribution in [0.2, 0.25) is 0 Å². The molecule has 0 saturated carbocycles. The Morgan fingerprint density at radius 1 is 1.11 bits per heavy atom. The van der Waals surface area contributed by atoms with Gasteiger partial charge < -0.3 is 5.11 Å². The number of rotatable bonds is 2. The van der Waals surface area contributed by atoms with Crippen molar-refractivity contribution >= 4 is 0 Å². The molecule has 0 spiro atoms. The lowest BCUT2D eigenvalue weighted by Gasteiger charge is -2.42. The molecule has 3 aliphatic rings. The van der Waals surface area contributed by atoms with Crippen molar-refractivity contribution < 1.29 is 5.11 Å². The lowest BCUT2D eigenvalue weighted by atomic mass is 9.77. The van der Waals surface area contributed by atoms with Crippen molar-refractivity contribution in [2.75, 3.05) is 6.54 Å². The molecule has 2 nitrogen and oxygen atoms in total. The number of nitrogens with zero attached hydrogens (tertiary/aromatic N) is 1. The maximum atomic E-state index is 9.84. The van der Waals surface area contributed by atoms with Crippen molar-refractivity contribution in [3.63, 3.8) is 0 Å². The molecule has 2 fully saturated rings. The molecule has 3 unspecified atom stereocenters. The van der Waals surface area contributed by atoms with Crippen LogP contribution in [0.3, 0.4) is 0 Å². The molecule has 2 heterocycles. The summed E-state index contributed by atoms with van der Waals surface area (Å²) in [6.07, 6.45) is 5.84. The fourth-order valence-corrected chi connectivity index (χ4v) is 4.32. The standard InChI is InChI=1S/C16H21NO/c18-15-8-13-5-6-14(9-15)17(13)10-12-7-11-3-1-2-4-16(11)12/h1-4,12-15,18H,5-10H2. The monoisotopic (exact) mass is 243 g/mol.